The Hall–Kier alpha value is -3.54. The van der Waals surface area contributed by atoms with E-state index >= 15 is 0 Å². The van der Waals surface area contributed by atoms with Gasteiger partial charge in [0.15, 0.2) is 5.82 Å². The number of carbonyl (C=O) groups is 1. The van der Waals surface area contributed by atoms with Crippen LogP contribution in [0.1, 0.15) is 15.9 Å². The maximum absolute atomic E-state index is 13.3. The number of ether oxygens (including phenoxy) is 2. The minimum Gasteiger partial charge on any atom is -0.497 e. The Morgan fingerprint density at radius 2 is 1.69 bits per heavy atom. The highest BCUT2D eigenvalue weighted by Crippen LogP contribution is 2.33. The fourth-order valence-electron chi connectivity index (χ4n) is 3.55. The van der Waals surface area contributed by atoms with Gasteiger partial charge >= 0.3 is 0 Å². The third-order valence-corrected chi connectivity index (χ3v) is 5.01. The largest absolute Gasteiger partial charge is 0.497 e. The van der Waals surface area contributed by atoms with Crippen LogP contribution in [0.3, 0.4) is 0 Å². The predicted molar refractivity (Wildman–Crippen MR) is 113 cm³/mol. The molecule has 0 bridgehead atoms. The lowest BCUT2D eigenvalue weighted by atomic mass is 10.1. The standard InChI is InChI=1S/C23H23N3O3/c1-28-19-13-18(14-20(15-19)29-2)23(27)26-12-11-25(16-17-7-4-3-5-8-17)22-21(26)9-6-10-24-22/h3-10,13-15H,11-12,16H2,1-2H3. The van der Waals surface area contributed by atoms with Crippen molar-refractivity contribution in [1.29, 1.82) is 0 Å². The van der Waals surface area contributed by atoms with Gasteiger partial charge in [-0.15, -0.1) is 0 Å². The molecule has 0 saturated heterocycles. The van der Waals surface area contributed by atoms with Gasteiger partial charge in [-0.25, -0.2) is 4.98 Å². The molecule has 2 heterocycles. The third kappa shape index (κ3) is 3.87. The number of nitrogens with zero attached hydrogens (tertiary/aromatic N) is 3. The second-order valence-electron chi connectivity index (χ2n) is 6.81. The summed E-state index contributed by atoms with van der Waals surface area (Å²) in [6.07, 6.45) is 1.76. The molecule has 6 nitrogen and oxygen atoms in total. The monoisotopic (exact) mass is 389 g/mol. The second-order valence-corrected chi connectivity index (χ2v) is 6.81. The van der Waals surface area contributed by atoms with Crippen molar-refractivity contribution in [3.05, 3.63) is 78.0 Å². The Bertz CT molecular complexity index is 985. The van der Waals surface area contributed by atoms with E-state index in [9.17, 15) is 4.79 Å². The van der Waals surface area contributed by atoms with E-state index < -0.39 is 0 Å². The van der Waals surface area contributed by atoms with Crippen molar-refractivity contribution < 1.29 is 14.3 Å². The van der Waals surface area contributed by atoms with E-state index in [1.807, 2.05) is 30.3 Å². The van der Waals surface area contributed by atoms with Crippen molar-refractivity contribution in [2.45, 2.75) is 6.54 Å². The number of rotatable bonds is 5. The Kier molecular flexibility index (Phi) is 5.33. The summed E-state index contributed by atoms with van der Waals surface area (Å²) in [6.45, 7) is 2.02. The van der Waals surface area contributed by atoms with Gasteiger partial charge in [0.1, 0.15) is 11.5 Å². The summed E-state index contributed by atoms with van der Waals surface area (Å²) in [5.74, 6) is 1.88. The molecule has 4 rings (SSSR count). The zero-order valence-corrected chi connectivity index (χ0v) is 16.5. The molecule has 0 radical (unpaired) electrons. The third-order valence-electron chi connectivity index (χ3n) is 5.01. The van der Waals surface area contributed by atoms with E-state index in [4.69, 9.17) is 9.47 Å². The summed E-state index contributed by atoms with van der Waals surface area (Å²) in [7, 11) is 3.15. The van der Waals surface area contributed by atoms with Crippen molar-refractivity contribution in [3.63, 3.8) is 0 Å². The van der Waals surface area contributed by atoms with E-state index in [0.29, 0.717) is 30.2 Å². The maximum atomic E-state index is 13.3. The normalized spacial score (nSPS) is 13.0. The zero-order chi connectivity index (χ0) is 20.2. The highest BCUT2D eigenvalue weighted by molar-refractivity contribution is 6.08. The van der Waals surface area contributed by atoms with Gasteiger partial charge < -0.3 is 19.3 Å². The number of carbonyl (C=O) groups excluding carboxylic acids is 1. The molecule has 29 heavy (non-hydrogen) atoms. The molecule has 0 spiro atoms. The average Bonchev–Trinajstić information content (AvgIpc) is 2.79. The maximum Gasteiger partial charge on any atom is 0.258 e. The summed E-state index contributed by atoms with van der Waals surface area (Å²) < 4.78 is 10.6. The number of benzene rings is 2. The number of amides is 1. The molecule has 148 valence electrons. The molecule has 1 aliphatic rings. The van der Waals surface area contributed by atoms with Crippen LogP contribution in [0.4, 0.5) is 11.5 Å². The van der Waals surface area contributed by atoms with E-state index in [2.05, 4.69) is 22.0 Å². The summed E-state index contributed by atoms with van der Waals surface area (Å²) in [5.41, 5.74) is 2.54. The number of pyridine rings is 1. The van der Waals surface area contributed by atoms with Gasteiger partial charge in [0.2, 0.25) is 0 Å². The fraction of sp³-hybridized carbons (Fsp3) is 0.217. The first-order chi connectivity index (χ1) is 14.2. The molecule has 0 atom stereocenters. The van der Waals surface area contributed by atoms with Crippen LogP contribution in [0.5, 0.6) is 11.5 Å². The summed E-state index contributed by atoms with van der Waals surface area (Å²) in [6, 6.07) is 19.3. The van der Waals surface area contributed by atoms with Gasteiger partial charge in [0.05, 0.1) is 19.9 Å². The predicted octanol–water partition coefficient (Wildman–Crippen LogP) is 3.77. The molecule has 0 N–H and O–H groups in total. The number of methoxy groups -OCH3 is 2. The van der Waals surface area contributed by atoms with Crippen molar-refractivity contribution in [2.24, 2.45) is 0 Å². The van der Waals surface area contributed by atoms with Crippen molar-refractivity contribution >= 4 is 17.4 Å². The van der Waals surface area contributed by atoms with Gasteiger partial charge in [-0.05, 0) is 29.8 Å². The molecular formula is C23H23N3O3. The lowest BCUT2D eigenvalue weighted by Gasteiger charge is -2.36. The molecule has 1 amide bonds. The minimum absolute atomic E-state index is 0.101. The van der Waals surface area contributed by atoms with Gasteiger partial charge in [0, 0.05) is 37.5 Å². The average molecular weight is 389 g/mol. The molecule has 1 aromatic heterocycles. The summed E-state index contributed by atoms with van der Waals surface area (Å²) >= 11 is 0. The van der Waals surface area contributed by atoms with Crippen LogP contribution in [0.15, 0.2) is 66.9 Å². The zero-order valence-electron chi connectivity index (χ0n) is 16.5. The van der Waals surface area contributed by atoms with Crippen LogP contribution in [-0.2, 0) is 6.54 Å². The molecule has 0 fully saturated rings. The smallest absolute Gasteiger partial charge is 0.258 e. The first-order valence-electron chi connectivity index (χ1n) is 9.48. The van der Waals surface area contributed by atoms with Gasteiger partial charge in [-0.1, -0.05) is 30.3 Å². The minimum atomic E-state index is -0.101. The molecule has 1 aliphatic heterocycles. The van der Waals surface area contributed by atoms with E-state index in [0.717, 1.165) is 18.1 Å². The van der Waals surface area contributed by atoms with E-state index in [1.54, 1.807) is 43.5 Å². The van der Waals surface area contributed by atoms with Crippen molar-refractivity contribution in [1.82, 2.24) is 4.98 Å². The van der Waals surface area contributed by atoms with Crippen LogP contribution >= 0.6 is 0 Å². The molecule has 0 saturated carbocycles. The highest BCUT2D eigenvalue weighted by atomic mass is 16.5. The molecule has 2 aromatic carbocycles. The lowest BCUT2D eigenvalue weighted by molar-refractivity contribution is 0.0985. The van der Waals surface area contributed by atoms with Crippen molar-refractivity contribution in [3.8, 4) is 11.5 Å². The number of anilines is 2. The first-order valence-corrected chi connectivity index (χ1v) is 9.48. The Balaban J connectivity index is 1.65. The van der Waals surface area contributed by atoms with Crippen LogP contribution in [-0.4, -0.2) is 38.2 Å². The Morgan fingerprint density at radius 3 is 2.38 bits per heavy atom. The van der Waals surface area contributed by atoms with Gasteiger partial charge in [-0.3, -0.25) is 4.79 Å². The quantitative estimate of drug-likeness (QED) is 0.665. The highest BCUT2D eigenvalue weighted by Gasteiger charge is 2.29. The summed E-state index contributed by atoms with van der Waals surface area (Å²) in [5, 5.41) is 0. The van der Waals surface area contributed by atoms with E-state index in [-0.39, 0.29) is 5.91 Å². The van der Waals surface area contributed by atoms with E-state index in [1.165, 1.54) is 5.56 Å². The Morgan fingerprint density at radius 1 is 0.966 bits per heavy atom. The lowest BCUT2D eigenvalue weighted by Crippen LogP contribution is -2.44. The van der Waals surface area contributed by atoms with Crippen LogP contribution < -0.4 is 19.3 Å². The molecule has 0 unspecified atom stereocenters. The number of aromatic nitrogens is 1. The molecule has 3 aromatic rings. The van der Waals surface area contributed by atoms with Gasteiger partial charge in [-0.2, -0.15) is 0 Å². The fourth-order valence-corrected chi connectivity index (χ4v) is 3.55. The van der Waals surface area contributed by atoms with Crippen LogP contribution in [0.25, 0.3) is 0 Å². The molecule has 0 aliphatic carbocycles. The molecule has 6 heteroatoms. The number of fused-ring (bicyclic) bond motifs is 1. The second kappa shape index (κ2) is 8.22. The number of hydrogen-bond donors (Lipinski definition) is 0. The SMILES string of the molecule is COc1cc(OC)cc(C(=O)N2CCN(Cc3ccccc3)c3ncccc32)c1. The first kappa shape index (κ1) is 18.8. The molecular weight excluding hydrogens is 366 g/mol. The topological polar surface area (TPSA) is 54.9 Å². The Labute approximate surface area is 170 Å². The van der Waals surface area contributed by atoms with Crippen LogP contribution in [0.2, 0.25) is 0 Å². The van der Waals surface area contributed by atoms with Gasteiger partial charge in [0.25, 0.3) is 5.91 Å². The van der Waals surface area contributed by atoms with Crippen LogP contribution in [0, 0.1) is 0 Å². The number of hydrogen-bond acceptors (Lipinski definition) is 5. The summed E-state index contributed by atoms with van der Waals surface area (Å²) in [4.78, 5) is 21.9. The van der Waals surface area contributed by atoms with Crippen molar-refractivity contribution in [2.75, 3.05) is 37.1 Å².